The van der Waals surface area contributed by atoms with Crippen molar-refractivity contribution in [1.82, 2.24) is 5.32 Å². The van der Waals surface area contributed by atoms with Crippen LogP contribution in [-0.2, 0) is 27.1 Å². The summed E-state index contributed by atoms with van der Waals surface area (Å²) in [5, 5.41) is 14.3. The fourth-order valence-electron chi connectivity index (χ4n) is 3.46. The van der Waals surface area contributed by atoms with E-state index in [2.05, 4.69) is 36.5 Å². The molecule has 1 aromatic carbocycles. The van der Waals surface area contributed by atoms with Crippen molar-refractivity contribution in [3.8, 4) is 0 Å². The molecule has 1 rings (SSSR count). The number of rotatable bonds is 15. The van der Waals surface area contributed by atoms with Crippen LogP contribution in [-0.4, -0.2) is 54.9 Å². The van der Waals surface area contributed by atoms with Gasteiger partial charge in [-0.15, -0.1) is 0 Å². The molecule has 6 heteroatoms. The molecule has 0 aromatic heterocycles. The molecule has 0 saturated carbocycles. The Kier molecular flexibility index (Phi) is 12.9. The maximum Gasteiger partial charge on any atom is 0.407 e. The second kappa shape index (κ2) is 14.5. The van der Waals surface area contributed by atoms with Gasteiger partial charge in [0.2, 0.25) is 0 Å². The quantitative estimate of drug-likeness (QED) is 0.365. The molecule has 1 atom stereocenters. The molecule has 0 radical (unpaired) electrons. The largest absolute Gasteiger partial charge is 0.444 e. The van der Waals surface area contributed by atoms with Crippen molar-refractivity contribution in [1.29, 1.82) is 0 Å². The average molecular weight is 452 g/mol. The topological polar surface area (TPSA) is 77.0 Å². The number of hydrogen-bond donors (Lipinski definition) is 2. The normalized spacial score (nSPS) is 13.1. The Bertz CT molecular complexity index is 631. The summed E-state index contributed by atoms with van der Waals surface area (Å²) >= 11 is 0. The number of carbonyl (C=O) groups excluding carboxylic acids is 1. The maximum absolute atomic E-state index is 12.6. The van der Waals surface area contributed by atoms with Crippen molar-refractivity contribution in [2.24, 2.45) is 0 Å². The van der Waals surface area contributed by atoms with Crippen LogP contribution in [0.4, 0.5) is 4.79 Å². The monoisotopic (exact) mass is 451 g/mol. The maximum atomic E-state index is 12.6. The first-order valence-electron chi connectivity index (χ1n) is 12.1. The van der Waals surface area contributed by atoms with E-state index in [-0.39, 0.29) is 13.2 Å². The van der Waals surface area contributed by atoms with Gasteiger partial charge in [-0.2, -0.15) is 0 Å². The average Bonchev–Trinajstić information content (AvgIpc) is 2.73. The number of unbranched alkanes of at least 4 members (excludes halogenated alkanes) is 3. The molecule has 1 aromatic rings. The molecule has 1 unspecified atom stereocenters. The molecular formula is C26H45NO5. The molecule has 0 bridgehead atoms. The number of benzene rings is 1. The molecule has 0 heterocycles. The second-order valence-electron chi connectivity index (χ2n) is 9.41. The molecule has 0 fully saturated rings. The predicted molar refractivity (Wildman–Crippen MR) is 129 cm³/mol. The zero-order valence-electron chi connectivity index (χ0n) is 21.0. The minimum atomic E-state index is -1.39. The molecule has 32 heavy (non-hydrogen) atoms. The van der Waals surface area contributed by atoms with E-state index < -0.39 is 23.3 Å². The summed E-state index contributed by atoms with van der Waals surface area (Å²) in [4.78, 5) is 12.6. The lowest BCUT2D eigenvalue weighted by atomic mass is 9.89. The van der Waals surface area contributed by atoms with Gasteiger partial charge in [0.1, 0.15) is 11.2 Å². The van der Waals surface area contributed by atoms with Gasteiger partial charge in [-0.1, -0.05) is 50.5 Å². The van der Waals surface area contributed by atoms with Crippen LogP contribution in [0.15, 0.2) is 24.3 Å². The summed E-state index contributed by atoms with van der Waals surface area (Å²) in [5.41, 5.74) is 0.309. The Balaban J connectivity index is 2.99. The third-order valence-corrected chi connectivity index (χ3v) is 5.23. The van der Waals surface area contributed by atoms with Crippen molar-refractivity contribution >= 4 is 6.09 Å². The summed E-state index contributed by atoms with van der Waals surface area (Å²) in [7, 11) is 0. The number of nitrogens with one attached hydrogen (secondary N) is 1. The summed E-state index contributed by atoms with van der Waals surface area (Å²) in [6.07, 6.45) is 5.89. The van der Waals surface area contributed by atoms with Crippen LogP contribution in [0.1, 0.15) is 78.4 Å². The van der Waals surface area contributed by atoms with E-state index in [4.69, 9.17) is 14.2 Å². The Morgan fingerprint density at radius 1 is 0.938 bits per heavy atom. The van der Waals surface area contributed by atoms with Gasteiger partial charge in [0.05, 0.1) is 19.3 Å². The van der Waals surface area contributed by atoms with Gasteiger partial charge in [-0.25, -0.2) is 4.79 Å². The third-order valence-electron chi connectivity index (χ3n) is 5.23. The number of aryl methyl sites for hydroxylation is 1. The zero-order chi connectivity index (χ0) is 24.0. The number of alkyl carbamates (subject to hydrolysis) is 1. The molecule has 1 amide bonds. The van der Waals surface area contributed by atoms with E-state index in [9.17, 15) is 9.90 Å². The number of carbonyl (C=O) groups is 1. The van der Waals surface area contributed by atoms with E-state index >= 15 is 0 Å². The van der Waals surface area contributed by atoms with Crippen LogP contribution in [0.25, 0.3) is 0 Å². The lowest BCUT2D eigenvalue weighted by Gasteiger charge is -2.36. The molecule has 0 spiro atoms. The fraction of sp³-hybridized carbons (Fsp3) is 0.731. The molecule has 0 aliphatic heterocycles. The molecule has 0 aliphatic carbocycles. The number of amides is 1. The van der Waals surface area contributed by atoms with Crippen LogP contribution >= 0.6 is 0 Å². The van der Waals surface area contributed by atoms with Crippen LogP contribution < -0.4 is 5.32 Å². The van der Waals surface area contributed by atoms with Crippen molar-refractivity contribution in [3.05, 3.63) is 35.4 Å². The molecule has 0 aliphatic rings. The van der Waals surface area contributed by atoms with E-state index in [1.54, 1.807) is 0 Å². The number of hydrogen-bond acceptors (Lipinski definition) is 5. The van der Waals surface area contributed by atoms with Gasteiger partial charge in [-0.05, 0) is 65.0 Å². The van der Waals surface area contributed by atoms with Gasteiger partial charge in [0, 0.05) is 13.2 Å². The Morgan fingerprint density at radius 2 is 1.50 bits per heavy atom. The van der Waals surface area contributed by atoms with Crippen molar-refractivity contribution < 1.29 is 24.1 Å². The van der Waals surface area contributed by atoms with Crippen molar-refractivity contribution in [2.45, 2.75) is 97.3 Å². The van der Waals surface area contributed by atoms with E-state index in [1.165, 1.54) is 31.2 Å². The van der Waals surface area contributed by atoms with Gasteiger partial charge in [0.15, 0.2) is 0 Å². The van der Waals surface area contributed by atoms with Crippen molar-refractivity contribution in [2.75, 3.05) is 26.4 Å². The standard InChI is InChI=1S/C26H45NO5/c1-7-10-11-12-13-21-14-16-22(17-15-21)18-23(27-24(28)32-25(4,5)6)26(29,19-30-8-2)20-31-9-3/h14-17,23,29H,7-13,18-20H2,1-6H3,(H,27,28). The van der Waals surface area contributed by atoms with E-state index in [0.29, 0.717) is 19.6 Å². The van der Waals surface area contributed by atoms with Crippen LogP contribution in [0.5, 0.6) is 0 Å². The smallest absolute Gasteiger partial charge is 0.407 e. The van der Waals surface area contributed by atoms with Crippen molar-refractivity contribution in [3.63, 3.8) is 0 Å². The highest BCUT2D eigenvalue weighted by Gasteiger charge is 2.39. The first-order chi connectivity index (χ1) is 15.1. The second-order valence-corrected chi connectivity index (χ2v) is 9.41. The first kappa shape index (κ1) is 28.4. The number of ether oxygens (including phenoxy) is 3. The lowest BCUT2D eigenvalue weighted by Crippen LogP contribution is -2.59. The van der Waals surface area contributed by atoms with Crippen LogP contribution in [0.2, 0.25) is 0 Å². The van der Waals surface area contributed by atoms with Crippen LogP contribution in [0.3, 0.4) is 0 Å². The van der Waals surface area contributed by atoms with E-state index in [0.717, 1.165) is 12.0 Å². The fourth-order valence-corrected chi connectivity index (χ4v) is 3.46. The summed E-state index contributed by atoms with van der Waals surface area (Å²) in [5.74, 6) is 0. The summed E-state index contributed by atoms with van der Waals surface area (Å²) in [6, 6.07) is 7.78. The third kappa shape index (κ3) is 11.3. The number of aliphatic hydroxyl groups is 1. The van der Waals surface area contributed by atoms with E-state index in [1.807, 2.05) is 34.6 Å². The Labute approximate surface area is 195 Å². The highest BCUT2D eigenvalue weighted by Crippen LogP contribution is 2.20. The lowest BCUT2D eigenvalue weighted by molar-refractivity contribution is -0.112. The predicted octanol–water partition coefficient (Wildman–Crippen LogP) is 5.05. The first-order valence-corrected chi connectivity index (χ1v) is 12.1. The Morgan fingerprint density at radius 3 is 2.00 bits per heavy atom. The van der Waals surface area contributed by atoms with Gasteiger partial charge in [-0.3, -0.25) is 0 Å². The van der Waals surface area contributed by atoms with Gasteiger partial charge >= 0.3 is 6.09 Å². The molecule has 184 valence electrons. The molecule has 6 nitrogen and oxygen atoms in total. The minimum Gasteiger partial charge on any atom is -0.444 e. The molecule has 2 N–H and O–H groups in total. The molecule has 0 saturated heterocycles. The highest BCUT2D eigenvalue weighted by molar-refractivity contribution is 5.68. The van der Waals surface area contributed by atoms with Gasteiger partial charge < -0.3 is 24.6 Å². The zero-order valence-corrected chi connectivity index (χ0v) is 21.0. The summed E-state index contributed by atoms with van der Waals surface area (Å²) < 4.78 is 16.6. The van der Waals surface area contributed by atoms with Gasteiger partial charge in [0.25, 0.3) is 0 Å². The van der Waals surface area contributed by atoms with Crippen LogP contribution in [0, 0.1) is 0 Å². The molecular weight excluding hydrogens is 406 g/mol. The minimum absolute atomic E-state index is 0.0550. The Hall–Kier alpha value is -1.63. The highest BCUT2D eigenvalue weighted by atomic mass is 16.6. The SMILES string of the molecule is CCCCCCc1ccc(CC(NC(=O)OC(C)(C)C)C(O)(COCC)COCC)cc1. The summed E-state index contributed by atoms with van der Waals surface area (Å²) in [6.45, 7) is 12.4.